The van der Waals surface area contributed by atoms with Gasteiger partial charge in [0.15, 0.2) is 0 Å². The van der Waals surface area contributed by atoms with Gasteiger partial charge in [-0.15, -0.1) is 0 Å². The van der Waals surface area contributed by atoms with E-state index >= 15 is 0 Å². The molecule has 2 aliphatic heterocycles. The minimum Gasteiger partial charge on any atom is -0.380 e. The zero-order valence-electron chi connectivity index (χ0n) is 11.8. The number of imidazole rings is 1. The lowest BCUT2D eigenvalue weighted by Crippen LogP contribution is -2.41. The number of anilines is 1. The van der Waals surface area contributed by atoms with Crippen LogP contribution in [0.15, 0.2) is 21.4 Å². The van der Waals surface area contributed by atoms with Crippen LogP contribution in [-0.2, 0) is 0 Å². The summed E-state index contributed by atoms with van der Waals surface area (Å²) in [5.41, 5.74) is 2.59. The summed E-state index contributed by atoms with van der Waals surface area (Å²) in [5.74, 6) is 0. The van der Waals surface area contributed by atoms with Gasteiger partial charge in [0.2, 0.25) is 0 Å². The molecule has 0 spiro atoms. The van der Waals surface area contributed by atoms with Crippen molar-refractivity contribution < 1.29 is 0 Å². The van der Waals surface area contributed by atoms with E-state index < -0.39 is 0 Å². The van der Waals surface area contributed by atoms with E-state index in [9.17, 15) is 4.79 Å². The molecule has 0 aliphatic carbocycles. The summed E-state index contributed by atoms with van der Waals surface area (Å²) < 4.78 is 1.000. The number of nitrogens with zero attached hydrogens (tertiary/aromatic N) is 1. The van der Waals surface area contributed by atoms with Crippen molar-refractivity contribution in [3.63, 3.8) is 0 Å². The lowest BCUT2D eigenvalue weighted by molar-refractivity contribution is 0.193. The third-order valence-electron chi connectivity index (χ3n) is 4.80. The van der Waals surface area contributed by atoms with E-state index in [1.54, 1.807) is 0 Å². The van der Waals surface area contributed by atoms with E-state index in [4.69, 9.17) is 0 Å². The van der Waals surface area contributed by atoms with Crippen LogP contribution < -0.4 is 11.0 Å². The maximum Gasteiger partial charge on any atom is 0.323 e. The van der Waals surface area contributed by atoms with Gasteiger partial charge in [0, 0.05) is 23.1 Å². The maximum atomic E-state index is 11.4. The molecule has 4 rings (SSSR count). The summed E-state index contributed by atoms with van der Waals surface area (Å²) in [7, 11) is 0. The Hall–Kier alpha value is -1.27. The van der Waals surface area contributed by atoms with Crippen molar-refractivity contribution in [1.82, 2.24) is 14.9 Å². The number of aromatic nitrogens is 2. The molecule has 0 bridgehead atoms. The van der Waals surface area contributed by atoms with E-state index in [2.05, 4.69) is 36.1 Å². The molecular weight excluding hydrogens is 332 g/mol. The fourth-order valence-corrected chi connectivity index (χ4v) is 4.24. The number of halogens is 1. The lowest BCUT2D eigenvalue weighted by Gasteiger charge is -2.33. The Kier molecular flexibility index (Phi) is 3.30. The predicted octanol–water partition coefficient (Wildman–Crippen LogP) is 2.66. The normalized spacial score (nSPS) is 26.1. The van der Waals surface area contributed by atoms with E-state index in [0.717, 1.165) is 21.2 Å². The van der Waals surface area contributed by atoms with Crippen molar-refractivity contribution in [2.24, 2.45) is 0 Å². The quantitative estimate of drug-likeness (QED) is 0.780. The Morgan fingerprint density at radius 2 is 1.95 bits per heavy atom. The Morgan fingerprint density at radius 1 is 1.14 bits per heavy atom. The van der Waals surface area contributed by atoms with Crippen LogP contribution in [0.25, 0.3) is 11.0 Å². The summed E-state index contributed by atoms with van der Waals surface area (Å²) in [6, 6.07) is 5.14. The van der Waals surface area contributed by atoms with E-state index in [0.29, 0.717) is 12.1 Å². The summed E-state index contributed by atoms with van der Waals surface area (Å²) in [5, 5.41) is 3.69. The van der Waals surface area contributed by atoms with Gasteiger partial charge in [0.25, 0.3) is 0 Å². The molecule has 0 radical (unpaired) electrons. The number of nitrogens with one attached hydrogen (secondary N) is 3. The molecule has 1 aromatic carbocycles. The number of benzene rings is 1. The molecule has 3 N–H and O–H groups in total. The zero-order valence-corrected chi connectivity index (χ0v) is 13.4. The van der Waals surface area contributed by atoms with Crippen LogP contribution in [-0.4, -0.2) is 40.0 Å². The highest BCUT2D eigenvalue weighted by atomic mass is 79.9. The molecule has 5 nitrogen and oxygen atoms in total. The first-order valence-electron chi connectivity index (χ1n) is 7.63. The number of fused-ring (bicyclic) bond motifs is 2. The molecule has 112 valence electrons. The highest BCUT2D eigenvalue weighted by Gasteiger charge is 2.35. The second-order valence-electron chi connectivity index (χ2n) is 6.10. The van der Waals surface area contributed by atoms with Crippen molar-refractivity contribution in [1.29, 1.82) is 0 Å². The number of piperidine rings is 1. The third kappa shape index (κ3) is 2.40. The minimum atomic E-state index is -0.159. The number of H-pyrrole nitrogens is 2. The molecule has 6 heteroatoms. The zero-order chi connectivity index (χ0) is 14.4. The van der Waals surface area contributed by atoms with Gasteiger partial charge in [-0.1, -0.05) is 6.42 Å². The fourth-order valence-electron chi connectivity index (χ4n) is 3.78. The fraction of sp³-hybridized carbons (Fsp3) is 0.533. The van der Waals surface area contributed by atoms with Crippen LogP contribution in [0.5, 0.6) is 0 Å². The second kappa shape index (κ2) is 5.18. The van der Waals surface area contributed by atoms with Crippen LogP contribution in [0.4, 0.5) is 5.69 Å². The van der Waals surface area contributed by atoms with Crippen molar-refractivity contribution in [3.8, 4) is 0 Å². The van der Waals surface area contributed by atoms with Gasteiger partial charge >= 0.3 is 5.69 Å². The molecule has 0 amide bonds. The first-order valence-corrected chi connectivity index (χ1v) is 8.42. The van der Waals surface area contributed by atoms with Crippen LogP contribution >= 0.6 is 15.9 Å². The predicted molar refractivity (Wildman–Crippen MR) is 87.9 cm³/mol. The van der Waals surface area contributed by atoms with Crippen molar-refractivity contribution in [2.45, 2.75) is 37.8 Å². The molecule has 2 aromatic rings. The van der Waals surface area contributed by atoms with Crippen molar-refractivity contribution in [2.75, 3.05) is 18.4 Å². The molecule has 21 heavy (non-hydrogen) atoms. The summed E-state index contributed by atoms with van der Waals surface area (Å²) in [6.45, 7) is 2.44. The van der Waals surface area contributed by atoms with Gasteiger partial charge in [0.05, 0.1) is 16.7 Å². The van der Waals surface area contributed by atoms with Gasteiger partial charge in [-0.3, -0.25) is 4.90 Å². The topological polar surface area (TPSA) is 63.9 Å². The highest BCUT2D eigenvalue weighted by Crippen LogP contribution is 2.32. The van der Waals surface area contributed by atoms with Crippen LogP contribution in [0.2, 0.25) is 0 Å². The van der Waals surface area contributed by atoms with Gasteiger partial charge < -0.3 is 15.3 Å². The molecule has 2 unspecified atom stereocenters. The van der Waals surface area contributed by atoms with Crippen LogP contribution in [0.3, 0.4) is 0 Å². The summed E-state index contributed by atoms with van der Waals surface area (Å²) in [4.78, 5) is 19.6. The second-order valence-corrected chi connectivity index (χ2v) is 6.95. The highest BCUT2D eigenvalue weighted by molar-refractivity contribution is 9.10. The summed E-state index contributed by atoms with van der Waals surface area (Å²) in [6.07, 6.45) is 5.16. The van der Waals surface area contributed by atoms with Gasteiger partial charge in [-0.25, -0.2) is 4.79 Å². The number of aromatic amines is 2. The standard InChI is InChI=1S/C15H19BrN4O/c16-9-7-12-13(19-15(21)18-12)8-11(9)17-10-4-6-20-5-2-1-3-14(10)20/h7-8,10,14,17H,1-6H2,(H2,18,19,21). The SMILES string of the molecule is O=c1[nH]c2cc(Br)c(NC3CCN4CCCCC34)cc2[nH]1. The number of rotatable bonds is 2. The third-order valence-corrected chi connectivity index (χ3v) is 5.46. The molecule has 1 aromatic heterocycles. The molecule has 2 fully saturated rings. The number of hydrogen-bond acceptors (Lipinski definition) is 3. The largest absolute Gasteiger partial charge is 0.380 e. The van der Waals surface area contributed by atoms with E-state index in [1.165, 1.54) is 38.8 Å². The Labute approximate surface area is 131 Å². The first-order chi connectivity index (χ1) is 10.2. The van der Waals surface area contributed by atoms with E-state index in [1.807, 2.05) is 12.1 Å². The van der Waals surface area contributed by atoms with Crippen LogP contribution in [0, 0.1) is 0 Å². The lowest BCUT2D eigenvalue weighted by atomic mass is 9.99. The van der Waals surface area contributed by atoms with Gasteiger partial charge in [0.1, 0.15) is 0 Å². The first kappa shape index (κ1) is 13.4. The molecule has 0 saturated carbocycles. The minimum absolute atomic E-state index is 0.159. The smallest absolute Gasteiger partial charge is 0.323 e. The molecule has 3 heterocycles. The molecule has 2 atom stereocenters. The molecule has 2 saturated heterocycles. The Bertz CT molecular complexity index is 722. The van der Waals surface area contributed by atoms with Crippen molar-refractivity contribution >= 4 is 32.7 Å². The maximum absolute atomic E-state index is 11.4. The Morgan fingerprint density at radius 3 is 2.81 bits per heavy atom. The summed E-state index contributed by atoms with van der Waals surface area (Å²) >= 11 is 3.61. The average Bonchev–Trinajstić information content (AvgIpc) is 3.02. The monoisotopic (exact) mass is 350 g/mol. The molecule has 2 aliphatic rings. The Balaban J connectivity index is 1.61. The van der Waals surface area contributed by atoms with Gasteiger partial charge in [-0.05, 0) is 53.9 Å². The average molecular weight is 351 g/mol. The van der Waals surface area contributed by atoms with E-state index in [-0.39, 0.29) is 5.69 Å². The van der Waals surface area contributed by atoms with Gasteiger partial charge in [-0.2, -0.15) is 0 Å². The van der Waals surface area contributed by atoms with Crippen molar-refractivity contribution in [3.05, 3.63) is 27.1 Å². The molecular formula is C15H19BrN4O. The van der Waals surface area contributed by atoms with Crippen LogP contribution in [0.1, 0.15) is 25.7 Å². The number of hydrogen-bond donors (Lipinski definition) is 3.